The second-order valence-electron chi connectivity index (χ2n) is 9.45. The highest BCUT2D eigenvalue weighted by atomic mass is 35.5. The summed E-state index contributed by atoms with van der Waals surface area (Å²) in [5, 5.41) is 5.32. The van der Waals surface area contributed by atoms with Crippen molar-refractivity contribution < 1.29 is 27.0 Å². The fourth-order valence-electron chi connectivity index (χ4n) is 4.32. The van der Waals surface area contributed by atoms with Crippen molar-refractivity contribution in [1.29, 1.82) is 0 Å². The third kappa shape index (κ3) is 6.71. The standard InChI is InChI=1S/C30H25ClF4N4O3S/c1-3-38-25(17-41-16-19-8-5-4-6-9-19)37-39(29(38)40)21-14-20-12-13-36-28(43-27-22(31)10-7-11-23(27)32)26(20)24(15-21)42-18(2)30(33,34)35/h4-15,18H,3,16-17H2,1-2H3. The molecule has 0 spiro atoms. The van der Waals surface area contributed by atoms with Gasteiger partial charge in [-0.15, -0.1) is 5.10 Å². The number of benzene rings is 3. The van der Waals surface area contributed by atoms with E-state index in [0.29, 0.717) is 24.4 Å². The van der Waals surface area contributed by atoms with Crippen molar-refractivity contribution >= 4 is 34.1 Å². The molecule has 0 aliphatic rings. The molecule has 0 aliphatic heterocycles. The Labute approximate surface area is 253 Å². The molecule has 2 aromatic heterocycles. The number of nitrogens with zero attached hydrogens (tertiary/aromatic N) is 4. The second-order valence-corrected chi connectivity index (χ2v) is 10.9. The summed E-state index contributed by atoms with van der Waals surface area (Å²) in [4.78, 5) is 17.7. The van der Waals surface area contributed by atoms with Crippen LogP contribution >= 0.6 is 23.4 Å². The van der Waals surface area contributed by atoms with Crippen molar-refractivity contribution in [3.8, 4) is 11.4 Å². The Morgan fingerprint density at radius 1 is 1.05 bits per heavy atom. The van der Waals surface area contributed by atoms with Crippen LogP contribution < -0.4 is 10.4 Å². The Morgan fingerprint density at radius 2 is 1.81 bits per heavy atom. The van der Waals surface area contributed by atoms with Gasteiger partial charge in [-0.3, -0.25) is 4.57 Å². The van der Waals surface area contributed by atoms with E-state index in [-0.39, 0.29) is 38.4 Å². The summed E-state index contributed by atoms with van der Waals surface area (Å²) >= 11 is 7.07. The van der Waals surface area contributed by atoms with Crippen molar-refractivity contribution in [1.82, 2.24) is 19.3 Å². The van der Waals surface area contributed by atoms with Crippen LogP contribution in [0.25, 0.3) is 16.5 Å². The lowest BCUT2D eigenvalue weighted by molar-refractivity contribution is -0.189. The highest BCUT2D eigenvalue weighted by Gasteiger charge is 2.38. The highest BCUT2D eigenvalue weighted by Crippen LogP contribution is 2.42. The molecule has 13 heteroatoms. The van der Waals surface area contributed by atoms with E-state index in [4.69, 9.17) is 21.1 Å². The Hall–Kier alpha value is -3.87. The molecule has 0 saturated heterocycles. The molecule has 1 unspecified atom stereocenters. The Balaban J connectivity index is 1.58. The molecule has 0 saturated carbocycles. The third-order valence-corrected chi connectivity index (χ3v) is 8.05. The van der Waals surface area contributed by atoms with Crippen LogP contribution in [0.15, 0.2) is 87.6 Å². The van der Waals surface area contributed by atoms with Gasteiger partial charge in [0, 0.05) is 18.8 Å². The maximum absolute atomic E-state index is 14.6. The molecule has 7 nitrogen and oxygen atoms in total. The first-order valence-electron chi connectivity index (χ1n) is 13.2. The molecular formula is C30H25ClF4N4O3S. The number of hydrogen-bond acceptors (Lipinski definition) is 6. The molecule has 5 aromatic rings. The molecule has 224 valence electrons. The van der Waals surface area contributed by atoms with E-state index in [1.54, 1.807) is 19.1 Å². The SMILES string of the molecule is CCn1c(COCc2ccccc2)nn(-c2cc(OC(C)C(F)(F)F)c3c(Sc4c(F)cccc4Cl)nccc3c2)c1=O. The van der Waals surface area contributed by atoms with Crippen LogP contribution in [0.5, 0.6) is 5.75 Å². The average Bonchev–Trinajstić information content (AvgIpc) is 3.29. The van der Waals surface area contributed by atoms with E-state index < -0.39 is 23.8 Å². The van der Waals surface area contributed by atoms with Gasteiger partial charge in [0.25, 0.3) is 0 Å². The molecule has 0 fully saturated rings. The average molecular weight is 633 g/mol. The fourth-order valence-corrected chi connectivity index (χ4v) is 5.56. The second kappa shape index (κ2) is 12.8. The van der Waals surface area contributed by atoms with Crippen LogP contribution in [-0.2, 0) is 24.5 Å². The molecular weight excluding hydrogens is 608 g/mol. The third-order valence-electron chi connectivity index (χ3n) is 6.50. The largest absolute Gasteiger partial charge is 0.480 e. The lowest BCUT2D eigenvalue weighted by Crippen LogP contribution is -2.31. The topological polar surface area (TPSA) is 71.2 Å². The van der Waals surface area contributed by atoms with Crippen LogP contribution in [0.2, 0.25) is 5.02 Å². The van der Waals surface area contributed by atoms with Gasteiger partial charge in [0.2, 0.25) is 0 Å². The molecule has 0 aliphatic carbocycles. The highest BCUT2D eigenvalue weighted by molar-refractivity contribution is 7.99. The van der Waals surface area contributed by atoms with Crippen LogP contribution in [0.3, 0.4) is 0 Å². The van der Waals surface area contributed by atoms with Crippen molar-refractivity contribution in [2.24, 2.45) is 0 Å². The van der Waals surface area contributed by atoms with Crippen LogP contribution in [0.1, 0.15) is 25.2 Å². The van der Waals surface area contributed by atoms with Gasteiger partial charge in [-0.2, -0.15) is 17.9 Å². The number of aromatic nitrogens is 4. The predicted octanol–water partition coefficient (Wildman–Crippen LogP) is 7.59. The number of hydrogen-bond donors (Lipinski definition) is 0. The maximum Gasteiger partial charge on any atom is 0.425 e. The smallest absolute Gasteiger partial charge is 0.425 e. The van der Waals surface area contributed by atoms with Gasteiger partial charge in [0.1, 0.15) is 23.2 Å². The first-order chi connectivity index (χ1) is 20.6. The van der Waals surface area contributed by atoms with Crippen LogP contribution in [-0.4, -0.2) is 31.6 Å². The van der Waals surface area contributed by atoms with E-state index in [0.717, 1.165) is 28.9 Å². The number of ether oxygens (including phenoxy) is 2. The molecule has 43 heavy (non-hydrogen) atoms. The van der Waals surface area contributed by atoms with Gasteiger partial charge >= 0.3 is 11.9 Å². The summed E-state index contributed by atoms with van der Waals surface area (Å²) in [6, 6.07) is 18.1. The number of pyridine rings is 1. The van der Waals surface area contributed by atoms with Crippen LogP contribution in [0.4, 0.5) is 17.6 Å². The van der Waals surface area contributed by atoms with Crippen LogP contribution in [0, 0.1) is 5.82 Å². The fraction of sp³-hybridized carbons (Fsp3) is 0.233. The lowest BCUT2D eigenvalue weighted by atomic mass is 10.1. The van der Waals surface area contributed by atoms with E-state index in [9.17, 15) is 22.4 Å². The van der Waals surface area contributed by atoms with E-state index in [2.05, 4.69) is 10.1 Å². The first-order valence-corrected chi connectivity index (χ1v) is 14.3. The monoisotopic (exact) mass is 632 g/mol. The summed E-state index contributed by atoms with van der Waals surface area (Å²) < 4.78 is 69.2. The van der Waals surface area contributed by atoms with Gasteiger partial charge in [-0.25, -0.2) is 14.2 Å². The van der Waals surface area contributed by atoms with E-state index in [1.165, 1.54) is 35.0 Å². The van der Waals surface area contributed by atoms with Gasteiger partial charge in [0.15, 0.2) is 11.9 Å². The molecule has 3 aromatic carbocycles. The number of halogens is 5. The number of rotatable bonds is 10. The molecule has 0 N–H and O–H groups in total. The normalized spacial score (nSPS) is 12.5. The number of fused-ring (bicyclic) bond motifs is 1. The van der Waals surface area contributed by atoms with Crippen molar-refractivity contribution in [2.45, 2.75) is 55.8 Å². The lowest BCUT2D eigenvalue weighted by Gasteiger charge is -2.20. The molecule has 0 amide bonds. The molecule has 1 atom stereocenters. The zero-order valence-corrected chi connectivity index (χ0v) is 24.5. The predicted molar refractivity (Wildman–Crippen MR) is 155 cm³/mol. The summed E-state index contributed by atoms with van der Waals surface area (Å²) in [6.45, 7) is 3.27. The molecule has 5 rings (SSSR count). The molecule has 0 radical (unpaired) electrons. The summed E-state index contributed by atoms with van der Waals surface area (Å²) in [6.07, 6.45) is -5.46. The Bertz CT molecular complexity index is 1790. The molecule has 2 heterocycles. The quantitative estimate of drug-likeness (QED) is 0.148. The molecule has 0 bridgehead atoms. The summed E-state index contributed by atoms with van der Waals surface area (Å²) in [7, 11) is 0. The minimum atomic E-state index is -4.68. The van der Waals surface area contributed by atoms with Crippen molar-refractivity contribution in [3.05, 3.63) is 106 Å². The minimum absolute atomic E-state index is 0.0289. The summed E-state index contributed by atoms with van der Waals surface area (Å²) in [5.74, 6) is -0.479. The van der Waals surface area contributed by atoms with Gasteiger partial charge in [0.05, 0.1) is 27.6 Å². The minimum Gasteiger partial charge on any atom is -0.480 e. The van der Waals surface area contributed by atoms with Gasteiger partial charge < -0.3 is 9.47 Å². The zero-order valence-electron chi connectivity index (χ0n) is 22.9. The van der Waals surface area contributed by atoms with Gasteiger partial charge in [-0.05, 0) is 49.1 Å². The van der Waals surface area contributed by atoms with Crippen molar-refractivity contribution in [2.75, 3.05) is 0 Å². The Kier molecular flexibility index (Phi) is 9.09. The maximum atomic E-state index is 14.6. The summed E-state index contributed by atoms with van der Waals surface area (Å²) in [5.41, 5.74) is 0.614. The first kappa shape index (κ1) is 30.6. The van der Waals surface area contributed by atoms with E-state index >= 15 is 0 Å². The number of alkyl halides is 3. The zero-order chi connectivity index (χ0) is 30.7. The Morgan fingerprint density at radius 3 is 2.51 bits per heavy atom. The van der Waals surface area contributed by atoms with Gasteiger partial charge in [-0.1, -0.05) is 59.8 Å². The van der Waals surface area contributed by atoms with Crippen molar-refractivity contribution in [3.63, 3.8) is 0 Å². The van der Waals surface area contributed by atoms with E-state index in [1.807, 2.05) is 30.3 Å².